The molecule has 0 heterocycles. The largest absolute Gasteiger partial charge is 0.462 e. The molecular weight excluding hydrogens is 613 g/mol. The van der Waals surface area contributed by atoms with Gasteiger partial charge in [0.1, 0.15) is 12.2 Å². The van der Waals surface area contributed by atoms with Crippen LogP contribution in [0.15, 0.2) is 42.0 Å². The smallest absolute Gasteiger partial charge is 0.432 e. The van der Waals surface area contributed by atoms with E-state index in [0.29, 0.717) is 19.3 Å². The number of carbonyl (C=O) groups excluding carboxylic acids is 3. The highest BCUT2D eigenvalue weighted by Crippen LogP contribution is 2.69. The molecule has 7 nitrogen and oxygen atoms in total. The van der Waals surface area contributed by atoms with Crippen molar-refractivity contribution in [1.82, 2.24) is 0 Å². The number of esters is 2. The molecule has 4 aliphatic rings. The van der Waals surface area contributed by atoms with Crippen molar-refractivity contribution >= 4 is 17.7 Å². The average molecular weight is 663 g/mol. The molecule has 0 unspecified atom stereocenters. The Bertz CT molecular complexity index is 1420. The van der Waals surface area contributed by atoms with Crippen LogP contribution in [-0.4, -0.2) is 53.9 Å². The second-order valence-corrected chi connectivity index (χ2v) is 15.9. The van der Waals surface area contributed by atoms with Crippen LogP contribution in [0.5, 0.6) is 0 Å². The summed E-state index contributed by atoms with van der Waals surface area (Å²) in [7, 11) is 0.809. The number of carbonyl (C=O) groups is 3. The number of methoxy groups -OCH3 is 1. The lowest BCUT2D eigenvalue weighted by atomic mass is 9.39. The molecule has 47 heavy (non-hydrogen) atoms. The van der Waals surface area contributed by atoms with Crippen molar-refractivity contribution in [2.75, 3.05) is 7.11 Å². The molecule has 0 radical (unpaired) electrons. The number of alkyl halides is 3. The summed E-state index contributed by atoms with van der Waals surface area (Å²) in [5.74, 6) is -2.98. The normalized spacial score (nSPS) is 38.2. The van der Waals surface area contributed by atoms with Crippen LogP contribution < -0.4 is 0 Å². The van der Waals surface area contributed by atoms with Gasteiger partial charge in [0.05, 0.1) is 5.60 Å². The molecule has 260 valence electrons. The number of fused-ring (bicyclic) bond motifs is 3. The third-order valence-electron chi connectivity index (χ3n) is 12.4. The highest BCUT2D eigenvalue weighted by Gasteiger charge is 2.67. The van der Waals surface area contributed by atoms with E-state index < -0.39 is 46.3 Å². The predicted molar refractivity (Wildman–Crippen MR) is 168 cm³/mol. The van der Waals surface area contributed by atoms with E-state index in [9.17, 15) is 32.7 Å². The molecule has 0 saturated heterocycles. The third-order valence-corrected chi connectivity index (χ3v) is 12.4. The van der Waals surface area contributed by atoms with E-state index in [1.807, 2.05) is 0 Å². The van der Waals surface area contributed by atoms with E-state index in [2.05, 4.69) is 27.7 Å². The second-order valence-electron chi connectivity index (χ2n) is 15.9. The highest BCUT2D eigenvalue weighted by atomic mass is 19.4. The fourth-order valence-electron chi connectivity index (χ4n) is 10.8. The molecule has 1 N–H and O–H groups in total. The molecule has 4 aliphatic carbocycles. The van der Waals surface area contributed by atoms with Gasteiger partial charge in [0.15, 0.2) is 5.78 Å². The summed E-state index contributed by atoms with van der Waals surface area (Å²) >= 11 is 0. The number of benzene rings is 1. The summed E-state index contributed by atoms with van der Waals surface area (Å²) in [4.78, 5) is 39.2. The number of rotatable bonds is 6. The van der Waals surface area contributed by atoms with Gasteiger partial charge in [-0.1, -0.05) is 64.4 Å². The first kappa shape index (κ1) is 35.6. The van der Waals surface area contributed by atoms with Gasteiger partial charge in [-0.2, -0.15) is 13.2 Å². The van der Waals surface area contributed by atoms with E-state index in [-0.39, 0.29) is 58.9 Å². The summed E-state index contributed by atoms with van der Waals surface area (Å²) in [6.07, 6.45) is -1.03. The Morgan fingerprint density at radius 1 is 1.00 bits per heavy atom. The third kappa shape index (κ3) is 5.85. The van der Waals surface area contributed by atoms with Crippen LogP contribution in [-0.2, 0) is 34.2 Å². The van der Waals surface area contributed by atoms with Crippen LogP contribution >= 0.6 is 0 Å². The summed E-state index contributed by atoms with van der Waals surface area (Å²) in [5, 5.41) is 12.5. The minimum atomic E-state index is -5.17. The lowest BCUT2D eigenvalue weighted by Crippen LogP contribution is -2.65. The summed E-state index contributed by atoms with van der Waals surface area (Å²) in [6.45, 7) is 11.8. The zero-order valence-electron chi connectivity index (χ0n) is 28.5. The fourth-order valence-corrected chi connectivity index (χ4v) is 10.8. The van der Waals surface area contributed by atoms with Crippen molar-refractivity contribution in [2.24, 2.45) is 34.0 Å². The fraction of sp³-hybridized carbons (Fsp3) is 0.703. The van der Waals surface area contributed by atoms with Crippen LogP contribution in [0.25, 0.3) is 0 Å². The average Bonchev–Trinajstić information content (AvgIpc) is 2.93. The van der Waals surface area contributed by atoms with Gasteiger partial charge in [-0.3, -0.25) is 9.59 Å². The standard InChI is InChI=1S/C37H49F3O7/c1-22-18-27(47-31(43)36(45-7,37(38,39)40)24-12-9-8-10-13-24)25(19-26(22)42)35(44)17-14-29-33(5,21-35)20-28(46-23(2)41)30-32(3,4)15-11-16-34(29,30)6/h8-10,12-13,18,25,27-30,44H,11,14-17,19-21H2,1-7H3/t25-,27+,28+,29-,30-,33-,34+,35+,36+/m0/s1. The minimum absolute atomic E-state index is 0.0648. The van der Waals surface area contributed by atoms with Crippen LogP contribution in [0.4, 0.5) is 13.2 Å². The maximum atomic E-state index is 14.7. The van der Waals surface area contributed by atoms with Crippen LogP contribution in [0.1, 0.15) is 98.5 Å². The molecule has 3 fully saturated rings. The summed E-state index contributed by atoms with van der Waals surface area (Å²) in [5.41, 5.74) is -5.90. The highest BCUT2D eigenvalue weighted by molar-refractivity contribution is 5.96. The molecule has 0 aromatic heterocycles. The van der Waals surface area contributed by atoms with E-state index in [0.717, 1.165) is 38.5 Å². The summed E-state index contributed by atoms with van der Waals surface area (Å²) < 4.78 is 60.9. The zero-order valence-corrected chi connectivity index (χ0v) is 28.5. The van der Waals surface area contributed by atoms with Crippen LogP contribution in [0.3, 0.4) is 0 Å². The van der Waals surface area contributed by atoms with Crippen molar-refractivity contribution in [2.45, 2.75) is 122 Å². The molecular formula is C37H49F3O7. The number of ketones is 1. The van der Waals surface area contributed by atoms with Gasteiger partial charge >= 0.3 is 18.1 Å². The minimum Gasteiger partial charge on any atom is -0.462 e. The molecule has 3 saturated carbocycles. The molecule has 0 bridgehead atoms. The topological polar surface area (TPSA) is 99.1 Å². The number of Topliss-reactive ketones (excluding diaryl/α,β-unsaturated/α-hetero) is 1. The summed E-state index contributed by atoms with van der Waals surface area (Å²) in [6, 6.07) is 6.59. The first-order chi connectivity index (χ1) is 21.7. The Morgan fingerprint density at radius 3 is 2.26 bits per heavy atom. The van der Waals surface area contributed by atoms with E-state index >= 15 is 0 Å². The van der Waals surface area contributed by atoms with Gasteiger partial charge in [-0.25, -0.2) is 4.79 Å². The van der Waals surface area contributed by atoms with Crippen LogP contribution in [0, 0.1) is 34.0 Å². The number of hydrogen-bond acceptors (Lipinski definition) is 7. The maximum Gasteiger partial charge on any atom is 0.432 e. The molecule has 5 rings (SSSR count). The Labute approximate surface area is 275 Å². The number of ether oxygens (including phenoxy) is 3. The number of allylic oxidation sites excluding steroid dienone is 1. The van der Waals surface area contributed by atoms with E-state index in [1.54, 1.807) is 0 Å². The predicted octanol–water partition coefficient (Wildman–Crippen LogP) is 7.24. The van der Waals surface area contributed by atoms with Crippen molar-refractivity contribution in [3.63, 3.8) is 0 Å². The monoisotopic (exact) mass is 662 g/mol. The van der Waals surface area contributed by atoms with E-state index in [1.165, 1.54) is 38.1 Å². The SMILES string of the molecule is CO[C@@](C(=O)O[C@@H]1C=C(C)C(=O)C[C@@H]1[C@@]1(O)CC[C@H]2[C@@](C)(C[C@@H](OC(C)=O)[C@H]3C(C)(C)CCC[C@@]32C)C1)(c1ccccc1)C(F)(F)F. The van der Waals surface area contributed by atoms with Gasteiger partial charge < -0.3 is 19.3 Å². The quantitative estimate of drug-likeness (QED) is 0.321. The number of hydrogen-bond donors (Lipinski definition) is 1. The molecule has 10 heteroatoms. The van der Waals surface area contributed by atoms with Gasteiger partial charge in [-0.15, -0.1) is 0 Å². The molecule has 0 spiro atoms. The molecule has 0 aliphatic heterocycles. The van der Waals surface area contributed by atoms with Crippen LogP contribution in [0.2, 0.25) is 0 Å². The number of aliphatic hydroxyl groups is 1. The first-order valence-electron chi connectivity index (χ1n) is 16.7. The van der Waals surface area contributed by atoms with Crippen molar-refractivity contribution in [3.05, 3.63) is 47.5 Å². The van der Waals surface area contributed by atoms with Gasteiger partial charge in [0, 0.05) is 37.9 Å². The van der Waals surface area contributed by atoms with Gasteiger partial charge in [0.2, 0.25) is 0 Å². The maximum absolute atomic E-state index is 14.7. The molecule has 1 aromatic carbocycles. The van der Waals surface area contributed by atoms with Crippen molar-refractivity contribution in [3.8, 4) is 0 Å². The molecule has 1 aromatic rings. The zero-order chi connectivity index (χ0) is 34.8. The molecule has 0 amide bonds. The Kier molecular flexibility index (Phi) is 9.09. The molecule has 9 atom stereocenters. The Morgan fingerprint density at radius 2 is 1.66 bits per heavy atom. The Hall–Kier alpha value is -2.72. The first-order valence-corrected chi connectivity index (χ1v) is 16.7. The van der Waals surface area contributed by atoms with Crippen molar-refractivity contribution in [1.29, 1.82) is 0 Å². The van der Waals surface area contributed by atoms with Gasteiger partial charge in [0.25, 0.3) is 5.60 Å². The van der Waals surface area contributed by atoms with Gasteiger partial charge in [-0.05, 0) is 79.3 Å². The number of halogens is 3. The Balaban J connectivity index is 1.51. The van der Waals surface area contributed by atoms with Crippen molar-refractivity contribution < 1.29 is 46.9 Å². The lowest BCUT2D eigenvalue weighted by molar-refractivity contribution is -0.279. The van der Waals surface area contributed by atoms with E-state index in [4.69, 9.17) is 14.2 Å². The second kappa shape index (κ2) is 12.0. The lowest BCUT2D eigenvalue weighted by Gasteiger charge is -2.67.